The number of halogens is 1. The Balaban J connectivity index is 2.38. The van der Waals surface area contributed by atoms with Gasteiger partial charge in [0.05, 0.1) is 6.04 Å². The van der Waals surface area contributed by atoms with Crippen LogP contribution in [0.5, 0.6) is 0 Å². The molecule has 1 aliphatic rings. The highest BCUT2D eigenvalue weighted by Crippen LogP contribution is 2.10. The van der Waals surface area contributed by atoms with Crippen LogP contribution >= 0.6 is 0 Å². The van der Waals surface area contributed by atoms with Crippen LogP contribution in [0.4, 0.5) is 4.48 Å². The summed E-state index contributed by atoms with van der Waals surface area (Å²) in [5.74, 6) is -0.501. The Morgan fingerprint density at radius 3 is 2.91 bits per heavy atom. The zero-order valence-corrected chi connectivity index (χ0v) is 6.64. The van der Waals surface area contributed by atoms with Crippen molar-refractivity contribution in [3.8, 4) is 0 Å². The second-order valence-electron chi connectivity index (χ2n) is 2.83. The van der Waals surface area contributed by atoms with Crippen LogP contribution in [0.2, 0.25) is 0 Å². The van der Waals surface area contributed by atoms with Gasteiger partial charge in [-0.15, -0.1) is 0 Å². The van der Waals surface area contributed by atoms with E-state index >= 15 is 0 Å². The molecule has 64 valence electrons. The van der Waals surface area contributed by atoms with Gasteiger partial charge < -0.3 is 5.32 Å². The SMILES string of the molecule is CC(=O)N(F)C1CCCNC1. The lowest BCUT2D eigenvalue weighted by atomic mass is 10.1. The highest BCUT2D eigenvalue weighted by atomic mass is 19.2. The van der Waals surface area contributed by atoms with Gasteiger partial charge in [0.1, 0.15) is 0 Å². The monoisotopic (exact) mass is 160 g/mol. The van der Waals surface area contributed by atoms with Gasteiger partial charge in [-0.3, -0.25) is 4.79 Å². The normalized spacial score (nSPS) is 24.7. The highest BCUT2D eigenvalue weighted by Gasteiger charge is 2.22. The van der Waals surface area contributed by atoms with Crippen molar-refractivity contribution < 1.29 is 9.28 Å². The van der Waals surface area contributed by atoms with E-state index in [0.29, 0.717) is 11.7 Å². The van der Waals surface area contributed by atoms with E-state index in [1.165, 1.54) is 6.92 Å². The number of nitrogens with one attached hydrogen (secondary N) is 1. The minimum atomic E-state index is -0.501. The van der Waals surface area contributed by atoms with Gasteiger partial charge in [-0.05, 0) is 19.4 Å². The van der Waals surface area contributed by atoms with E-state index in [2.05, 4.69) is 5.32 Å². The van der Waals surface area contributed by atoms with Crippen molar-refractivity contribution in [3.63, 3.8) is 0 Å². The predicted octanol–water partition coefficient (Wildman–Crippen LogP) is 0.471. The lowest BCUT2D eigenvalue weighted by Crippen LogP contribution is -2.43. The molecular weight excluding hydrogens is 147 g/mol. The summed E-state index contributed by atoms with van der Waals surface area (Å²) in [6, 6.07) is -0.249. The van der Waals surface area contributed by atoms with Crippen LogP contribution in [-0.2, 0) is 4.79 Å². The van der Waals surface area contributed by atoms with Crippen LogP contribution in [0.3, 0.4) is 0 Å². The van der Waals surface area contributed by atoms with E-state index in [-0.39, 0.29) is 6.04 Å². The average Bonchev–Trinajstić information content (AvgIpc) is 2.05. The number of amides is 1. The molecule has 1 fully saturated rings. The van der Waals surface area contributed by atoms with Gasteiger partial charge in [0, 0.05) is 13.5 Å². The Hall–Kier alpha value is -0.640. The third-order valence-corrected chi connectivity index (χ3v) is 1.89. The topological polar surface area (TPSA) is 32.3 Å². The Kier molecular flexibility index (Phi) is 2.82. The van der Waals surface area contributed by atoms with E-state index < -0.39 is 5.91 Å². The first-order valence-electron chi connectivity index (χ1n) is 3.88. The number of rotatable bonds is 1. The molecule has 11 heavy (non-hydrogen) atoms. The predicted molar refractivity (Wildman–Crippen MR) is 39.5 cm³/mol. The first-order chi connectivity index (χ1) is 5.22. The summed E-state index contributed by atoms with van der Waals surface area (Å²) < 4.78 is 12.9. The first kappa shape index (κ1) is 8.46. The maximum absolute atomic E-state index is 12.9. The molecule has 0 aromatic heterocycles. The molecule has 0 aromatic rings. The summed E-state index contributed by atoms with van der Waals surface area (Å²) in [6.45, 7) is 2.76. The summed E-state index contributed by atoms with van der Waals surface area (Å²) in [5, 5.41) is 3.36. The van der Waals surface area contributed by atoms with Crippen molar-refractivity contribution in [2.75, 3.05) is 13.1 Å². The number of nitrogens with zero attached hydrogens (tertiary/aromatic N) is 1. The van der Waals surface area contributed by atoms with Gasteiger partial charge in [0.25, 0.3) is 0 Å². The molecule has 4 heteroatoms. The lowest BCUT2D eigenvalue weighted by Gasteiger charge is -2.26. The average molecular weight is 160 g/mol. The minimum absolute atomic E-state index is 0.249. The molecule has 1 saturated heterocycles. The zero-order chi connectivity index (χ0) is 8.27. The molecular formula is C7H13FN2O. The van der Waals surface area contributed by atoms with Crippen LogP contribution in [0.25, 0.3) is 0 Å². The Labute approximate surface area is 65.5 Å². The fourth-order valence-corrected chi connectivity index (χ4v) is 1.28. The second-order valence-corrected chi connectivity index (χ2v) is 2.83. The molecule has 0 bridgehead atoms. The van der Waals surface area contributed by atoms with Crippen molar-refractivity contribution in [2.45, 2.75) is 25.8 Å². The van der Waals surface area contributed by atoms with Crippen LogP contribution in [-0.4, -0.2) is 30.2 Å². The van der Waals surface area contributed by atoms with E-state index in [9.17, 15) is 9.28 Å². The maximum atomic E-state index is 12.9. The molecule has 1 amide bonds. The van der Waals surface area contributed by atoms with Crippen LogP contribution in [0.15, 0.2) is 0 Å². The number of carbonyl (C=O) groups is 1. The minimum Gasteiger partial charge on any atom is -0.315 e. The molecule has 1 aliphatic heterocycles. The van der Waals surface area contributed by atoms with Gasteiger partial charge >= 0.3 is 0 Å². The Bertz CT molecular complexity index is 145. The standard InChI is InChI=1S/C7H13FN2O/c1-6(11)10(8)7-3-2-4-9-5-7/h7,9H,2-5H2,1H3. The number of carbonyl (C=O) groups excluding carboxylic acids is 1. The van der Waals surface area contributed by atoms with Gasteiger partial charge in [-0.25, -0.2) is 0 Å². The third kappa shape index (κ3) is 2.15. The van der Waals surface area contributed by atoms with E-state index in [1.807, 2.05) is 0 Å². The van der Waals surface area contributed by atoms with Gasteiger partial charge in [0.15, 0.2) is 0 Å². The quantitative estimate of drug-likeness (QED) is 0.565. The molecule has 3 nitrogen and oxygen atoms in total. The van der Waals surface area contributed by atoms with Crippen molar-refractivity contribution in [3.05, 3.63) is 0 Å². The summed E-state index contributed by atoms with van der Waals surface area (Å²) >= 11 is 0. The second kappa shape index (κ2) is 3.67. The van der Waals surface area contributed by atoms with Crippen molar-refractivity contribution in [2.24, 2.45) is 0 Å². The molecule has 0 aliphatic carbocycles. The summed E-state index contributed by atoms with van der Waals surface area (Å²) in [5.41, 5.74) is 0. The summed E-state index contributed by atoms with van der Waals surface area (Å²) in [7, 11) is 0. The lowest BCUT2D eigenvalue weighted by molar-refractivity contribution is -0.150. The molecule has 1 atom stereocenters. The highest BCUT2D eigenvalue weighted by molar-refractivity contribution is 5.72. The van der Waals surface area contributed by atoms with E-state index in [4.69, 9.17) is 0 Å². The van der Waals surface area contributed by atoms with Crippen molar-refractivity contribution in [1.82, 2.24) is 10.4 Å². The van der Waals surface area contributed by atoms with Gasteiger partial charge in [-0.2, -0.15) is 5.12 Å². The van der Waals surface area contributed by atoms with E-state index in [1.54, 1.807) is 0 Å². The Morgan fingerprint density at radius 1 is 1.73 bits per heavy atom. The van der Waals surface area contributed by atoms with E-state index in [0.717, 1.165) is 19.4 Å². The molecule has 0 spiro atoms. The molecule has 0 radical (unpaired) electrons. The summed E-state index contributed by atoms with van der Waals surface area (Å²) in [6.07, 6.45) is 1.71. The molecule has 1 N–H and O–H groups in total. The number of hydrogen-bond acceptors (Lipinski definition) is 2. The Morgan fingerprint density at radius 2 is 2.45 bits per heavy atom. The van der Waals surface area contributed by atoms with Gasteiger partial charge in [0.2, 0.25) is 5.91 Å². The zero-order valence-electron chi connectivity index (χ0n) is 6.64. The smallest absolute Gasteiger partial charge is 0.247 e. The van der Waals surface area contributed by atoms with Crippen LogP contribution < -0.4 is 5.32 Å². The molecule has 1 heterocycles. The largest absolute Gasteiger partial charge is 0.315 e. The maximum Gasteiger partial charge on any atom is 0.247 e. The number of hydrogen-bond donors (Lipinski definition) is 1. The fourth-order valence-electron chi connectivity index (χ4n) is 1.28. The molecule has 1 rings (SSSR count). The first-order valence-corrected chi connectivity index (χ1v) is 3.88. The van der Waals surface area contributed by atoms with Crippen molar-refractivity contribution >= 4 is 5.91 Å². The molecule has 0 aromatic carbocycles. The fraction of sp³-hybridized carbons (Fsp3) is 0.857. The molecule has 1 unspecified atom stereocenters. The van der Waals surface area contributed by atoms with Crippen molar-refractivity contribution in [1.29, 1.82) is 0 Å². The van der Waals surface area contributed by atoms with Crippen LogP contribution in [0, 0.1) is 0 Å². The van der Waals surface area contributed by atoms with Crippen LogP contribution in [0.1, 0.15) is 19.8 Å². The molecule has 0 saturated carbocycles. The summed E-state index contributed by atoms with van der Waals surface area (Å²) in [4.78, 5) is 10.6. The number of piperidine rings is 1. The third-order valence-electron chi connectivity index (χ3n) is 1.89. The van der Waals surface area contributed by atoms with Gasteiger partial charge in [-0.1, -0.05) is 4.48 Å².